The smallest absolute Gasteiger partial charge is 0.245 e. The van der Waals surface area contributed by atoms with Crippen LogP contribution in [0.5, 0.6) is 0 Å². The van der Waals surface area contributed by atoms with Gasteiger partial charge in [0.25, 0.3) is 0 Å². The van der Waals surface area contributed by atoms with Crippen molar-refractivity contribution in [2.24, 2.45) is 0 Å². The highest BCUT2D eigenvalue weighted by molar-refractivity contribution is 7.89. The Morgan fingerprint density at radius 1 is 1.50 bits per heavy atom. The number of hydrogen-bond acceptors (Lipinski definition) is 4. The van der Waals surface area contributed by atoms with Crippen LogP contribution in [0.1, 0.15) is 19.8 Å². The first-order chi connectivity index (χ1) is 9.45. The number of hydrogen-bond donors (Lipinski definition) is 1. The predicted molar refractivity (Wildman–Crippen MR) is 74.2 cm³/mol. The number of nitrogens with two attached hydrogens (primary N) is 1. The Bertz CT molecular complexity index is 571. The summed E-state index contributed by atoms with van der Waals surface area (Å²) in [7, 11) is -3.72. The zero-order valence-electron chi connectivity index (χ0n) is 11.4. The van der Waals surface area contributed by atoms with Crippen molar-refractivity contribution in [3.05, 3.63) is 24.0 Å². The largest absolute Gasteiger partial charge is 0.398 e. The number of ether oxygens (including phenoxy) is 1. The van der Waals surface area contributed by atoms with Gasteiger partial charge >= 0.3 is 0 Å². The lowest BCUT2D eigenvalue weighted by atomic mass is 10.2. The van der Waals surface area contributed by atoms with E-state index in [2.05, 4.69) is 0 Å². The van der Waals surface area contributed by atoms with Crippen molar-refractivity contribution >= 4 is 15.7 Å². The topological polar surface area (TPSA) is 72.6 Å². The van der Waals surface area contributed by atoms with E-state index in [1.165, 1.54) is 10.4 Å². The highest BCUT2D eigenvalue weighted by Crippen LogP contribution is 2.24. The van der Waals surface area contributed by atoms with Crippen LogP contribution >= 0.6 is 0 Å². The van der Waals surface area contributed by atoms with Gasteiger partial charge in [0.1, 0.15) is 10.7 Å². The van der Waals surface area contributed by atoms with Crippen molar-refractivity contribution < 1.29 is 17.5 Å². The molecule has 0 aromatic heterocycles. The lowest BCUT2D eigenvalue weighted by molar-refractivity contribution is 0.0947. The molecule has 0 aliphatic carbocycles. The molecule has 2 rings (SSSR count). The summed E-state index contributed by atoms with van der Waals surface area (Å²) in [4.78, 5) is -0.0567. The maximum absolute atomic E-state index is 13.0. The molecule has 0 bridgehead atoms. The summed E-state index contributed by atoms with van der Waals surface area (Å²) in [5.41, 5.74) is 5.56. The molecule has 1 aromatic carbocycles. The Hall–Kier alpha value is -1.18. The first-order valence-corrected chi connectivity index (χ1v) is 8.06. The van der Waals surface area contributed by atoms with Gasteiger partial charge in [0.2, 0.25) is 10.0 Å². The quantitative estimate of drug-likeness (QED) is 0.839. The van der Waals surface area contributed by atoms with E-state index in [0.717, 1.165) is 25.0 Å². The Morgan fingerprint density at radius 2 is 2.25 bits per heavy atom. The van der Waals surface area contributed by atoms with Gasteiger partial charge in [-0.1, -0.05) is 6.92 Å². The fraction of sp³-hybridized carbons (Fsp3) is 0.538. The van der Waals surface area contributed by atoms with Gasteiger partial charge in [-0.15, -0.1) is 0 Å². The van der Waals surface area contributed by atoms with Crippen LogP contribution < -0.4 is 5.73 Å². The van der Waals surface area contributed by atoms with Gasteiger partial charge in [-0.25, -0.2) is 12.8 Å². The van der Waals surface area contributed by atoms with E-state index in [1.807, 2.05) is 0 Å². The number of likely N-dealkylation sites (N-methyl/N-ethyl adjacent to an activating group) is 1. The molecule has 1 saturated heterocycles. The SMILES string of the molecule is CCN(CC1CCCO1)S(=O)(=O)c1ccc(F)cc1N. The zero-order chi connectivity index (χ0) is 14.8. The Balaban J connectivity index is 2.26. The summed E-state index contributed by atoms with van der Waals surface area (Å²) >= 11 is 0. The number of nitrogen functional groups attached to an aromatic ring is 1. The molecule has 1 unspecified atom stereocenters. The van der Waals surface area contributed by atoms with Crippen LogP contribution in [0.3, 0.4) is 0 Å². The van der Waals surface area contributed by atoms with E-state index in [4.69, 9.17) is 10.5 Å². The van der Waals surface area contributed by atoms with E-state index in [1.54, 1.807) is 6.92 Å². The first-order valence-electron chi connectivity index (χ1n) is 6.62. The van der Waals surface area contributed by atoms with Crippen LogP contribution in [-0.4, -0.2) is 38.5 Å². The molecule has 1 heterocycles. The molecule has 1 atom stereocenters. The molecular weight excluding hydrogens is 283 g/mol. The second kappa shape index (κ2) is 6.07. The lowest BCUT2D eigenvalue weighted by Gasteiger charge is -2.24. The zero-order valence-corrected chi connectivity index (χ0v) is 12.2. The lowest BCUT2D eigenvalue weighted by Crippen LogP contribution is -2.37. The van der Waals surface area contributed by atoms with E-state index in [9.17, 15) is 12.8 Å². The Morgan fingerprint density at radius 3 is 2.80 bits per heavy atom. The number of halogens is 1. The molecule has 2 N–H and O–H groups in total. The molecule has 20 heavy (non-hydrogen) atoms. The van der Waals surface area contributed by atoms with Crippen molar-refractivity contribution in [3.63, 3.8) is 0 Å². The molecule has 0 amide bonds. The van der Waals surface area contributed by atoms with Crippen LogP contribution in [0.25, 0.3) is 0 Å². The fourth-order valence-corrected chi connectivity index (χ4v) is 3.88. The summed E-state index contributed by atoms with van der Waals surface area (Å²) < 4.78 is 44.9. The molecular formula is C13H19FN2O3S. The number of anilines is 1. The molecule has 5 nitrogen and oxygen atoms in total. The summed E-state index contributed by atoms with van der Waals surface area (Å²) in [5, 5.41) is 0. The third-order valence-electron chi connectivity index (χ3n) is 3.37. The van der Waals surface area contributed by atoms with Crippen LogP contribution in [0, 0.1) is 5.82 Å². The van der Waals surface area contributed by atoms with Gasteiger partial charge in [-0.2, -0.15) is 4.31 Å². The summed E-state index contributed by atoms with van der Waals surface area (Å²) in [6, 6.07) is 3.33. The predicted octanol–water partition coefficient (Wildman–Crippen LogP) is 1.60. The second-order valence-corrected chi connectivity index (χ2v) is 6.68. The van der Waals surface area contributed by atoms with Crippen LogP contribution in [0.2, 0.25) is 0 Å². The van der Waals surface area contributed by atoms with E-state index in [-0.39, 0.29) is 16.7 Å². The van der Waals surface area contributed by atoms with E-state index >= 15 is 0 Å². The molecule has 0 saturated carbocycles. The average Bonchev–Trinajstić information content (AvgIpc) is 2.88. The summed E-state index contributed by atoms with van der Waals surface area (Å²) in [6.45, 7) is 3.04. The second-order valence-electron chi connectivity index (χ2n) is 4.77. The van der Waals surface area contributed by atoms with Gasteiger partial charge in [0, 0.05) is 19.7 Å². The summed E-state index contributed by atoms with van der Waals surface area (Å²) in [6.07, 6.45) is 1.72. The highest BCUT2D eigenvalue weighted by Gasteiger charge is 2.29. The molecule has 0 radical (unpaired) electrons. The third-order valence-corrected chi connectivity index (χ3v) is 5.39. The molecule has 1 aliphatic rings. The van der Waals surface area contributed by atoms with Crippen LogP contribution in [0.4, 0.5) is 10.1 Å². The molecule has 0 spiro atoms. The van der Waals surface area contributed by atoms with E-state index in [0.29, 0.717) is 19.7 Å². The first kappa shape index (κ1) is 15.2. The number of rotatable bonds is 5. The molecule has 7 heteroatoms. The normalized spacial score (nSPS) is 19.6. The minimum Gasteiger partial charge on any atom is -0.398 e. The van der Waals surface area contributed by atoms with Crippen LogP contribution in [-0.2, 0) is 14.8 Å². The van der Waals surface area contributed by atoms with Crippen molar-refractivity contribution in [2.75, 3.05) is 25.4 Å². The van der Waals surface area contributed by atoms with Crippen LogP contribution in [0.15, 0.2) is 23.1 Å². The third kappa shape index (κ3) is 3.11. The number of benzene rings is 1. The van der Waals surface area contributed by atoms with Crippen molar-refractivity contribution in [3.8, 4) is 0 Å². The molecule has 1 fully saturated rings. The molecule has 112 valence electrons. The molecule has 1 aliphatic heterocycles. The van der Waals surface area contributed by atoms with Gasteiger partial charge in [0.15, 0.2) is 0 Å². The van der Waals surface area contributed by atoms with Gasteiger partial charge in [-0.3, -0.25) is 0 Å². The average molecular weight is 302 g/mol. The molecule has 1 aromatic rings. The standard InChI is InChI=1S/C13H19FN2O3S/c1-2-16(9-11-4-3-7-19-11)20(17,18)13-6-5-10(14)8-12(13)15/h5-6,8,11H,2-4,7,9,15H2,1H3. The Labute approximate surface area is 118 Å². The number of sulfonamides is 1. The van der Waals surface area contributed by atoms with Gasteiger partial charge in [-0.05, 0) is 31.0 Å². The minimum absolute atomic E-state index is 0.0567. The maximum atomic E-state index is 13.0. The van der Waals surface area contributed by atoms with Gasteiger partial charge < -0.3 is 10.5 Å². The monoisotopic (exact) mass is 302 g/mol. The Kier molecular flexibility index (Phi) is 4.62. The highest BCUT2D eigenvalue weighted by atomic mass is 32.2. The number of nitrogens with zero attached hydrogens (tertiary/aromatic N) is 1. The van der Waals surface area contributed by atoms with Crippen molar-refractivity contribution in [1.82, 2.24) is 4.31 Å². The van der Waals surface area contributed by atoms with Gasteiger partial charge in [0.05, 0.1) is 11.8 Å². The summed E-state index contributed by atoms with van der Waals surface area (Å²) in [5.74, 6) is -0.552. The maximum Gasteiger partial charge on any atom is 0.245 e. The minimum atomic E-state index is -3.72. The fourth-order valence-electron chi connectivity index (χ4n) is 2.31. The van der Waals surface area contributed by atoms with Crippen molar-refractivity contribution in [1.29, 1.82) is 0 Å². The van der Waals surface area contributed by atoms with Crippen molar-refractivity contribution in [2.45, 2.75) is 30.8 Å². The van der Waals surface area contributed by atoms with E-state index < -0.39 is 15.8 Å².